The zero-order valence-corrected chi connectivity index (χ0v) is 11.8. The molecule has 0 N–H and O–H groups in total. The van der Waals surface area contributed by atoms with Crippen LogP contribution in [0, 0.1) is 0 Å². The molecular formula is C11H16O2Sn. The van der Waals surface area contributed by atoms with Gasteiger partial charge in [-0.25, -0.2) is 0 Å². The Kier molecular flexibility index (Phi) is 2.64. The van der Waals surface area contributed by atoms with Crippen LogP contribution in [0.25, 0.3) is 0 Å². The third-order valence-corrected chi connectivity index (χ3v) is 8.24. The van der Waals surface area contributed by atoms with Crippen molar-refractivity contribution < 1.29 is 9.47 Å². The zero-order valence-electron chi connectivity index (χ0n) is 8.96. The molecule has 1 heterocycles. The van der Waals surface area contributed by atoms with Gasteiger partial charge in [-0.1, -0.05) is 0 Å². The molecule has 1 aromatic rings. The Morgan fingerprint density at radius 3 is 2.29 bits per heavy atom. The second-order valence-electron chi connectivity index (χ2n) is 4.61. The first-order chi connectivity index (χ1) is 6.57. The second-order valence-corrected chi connectivity index (χ2v) is 19.1. The quantitative estimate of drug-likeness (QED) is 0.739. The number of benzene rings is 1. The number of fused-ring (bicyclic) bond motifs is 1. The summed E-state index contributed by atoms with van der Waals surface area (Å²) in [5, 5.41) is 0. The average Bonchev–Trinajstić information content (AvgIpc) is 2.16. The van der Waals surface area contributed by atoms with Gasteiger partial charge in [0.15, 0.2) is 0 Å². The molecule has 14 heavy (non-hydrogen) atoms. The van der Waals surface area contributed by atoms with Crippen LogP contribution in [0.2, 0.25) is 14.8 Å². The van der Waals surface area contributed by atoms with Gasteiger partial charge >= 0.3 is 89.2 Å². The number of ether oxygens (including phenoxy) is 2. The van der Waals surface area contributed by atoms with Gasteiger partial charge in [0.2, 0.25) is 0 Å². The normalized spacial score (nSPS) is 15.4. The van der Waals surface area contributed by atoms with Crippen LogP contribution in [0.4, 0.5) is 0 Å². The minimum absolute atomic E-state index is 0.672. The van der Waals surface area contributed by atoms with E-state index in [2.05, 4.69) is 27.0 Å². The molecule has 0 spiro atoms. The van der Waals surface area contributed by atoms with E-state index in [1.807, 2.05) is 6.07 Å². The van der Waals surface area contributed by atoms with Crippen molar-refractivity contribution in [1.82, 2.24) is 0 Å². The van der Waals surface area contributed by atoms with E-state index in [1.54, 1.807) is 0 Å². The summed E-state index contributed by atoms with van der Waals surface area (Å²) >= 11 is -1.94. The second kappa shape index (κ2) is 3.64. The van der Waals surface area contributed by atoms with Gasteiger partial charge in [-0.05, 0) is 0 Å². The Morgan fingerprint density at radius 2 is 1.64 bits per heavy atom. The molecule has 1 aliphatic heterocycles. The summed E-state index contributed by atoms with van der Waals surface area (Å²) in [6, 6.07) is 6.42. The molecule has 0 fully saturated rings. The minimum atomic E-state index is -1.94. The maximum atomic E-state index is 5.57. The molecule has 0 amide bonds. The van der Waals surface area contributed by atoms with Crippen molar-refractivity contribution in [3.8, 4) is 11.5 Å². The number of rotatable bonds is 1. The van der Waals surface area contributed by atoms with Gasteiger partial charge in [0.05, 0.1) is 0 Å². The summed E-state index contributed by atoms with van der Waals surface area (Å²) in [6.07, 6.45) is 0. The van der Waals surface area contributed by atoms with Gasteiger partial charge in [0.1, 0.15) is 0 Å². The molecule has 76 valence electrons. The molecule has 1 aliphatic rings. The zero-order chi connectivity index (χ0) is 10.2. The molecule has 0 saturated heterocycles. The maximum absolute atomic E-state index is 5.57. The van der Waals surface area contributed by atoms with Crippen molar-refractivity contribution in [2.75, 3.05) is 13.2 Å². The fraction of sp³-hybridized carbons (Fsp3) is 0.455. The first-order valence-electron chi connectivity index (χ1n) is 4.97. The Morgan fingerprint density at radius 1 is 1.00 bits per heavy atom. The van der Waals surface area contributed by atoms with Gasteiger partial charge in [-0.3, -0.25) is 0 Å². The van der Waals surface area contributed by atoms with Crippen LogP contribution in [-0.2, 0) is 0 Å². The molecule has 0 aromatic heterocycles. The summed E-state index contributed by atoms with van der Waals surface area (Å²) in [5.41, 5.74) is 0. The molecule has 1 aromatic carbocycles. The summed E-state index contributed by atoms with van der Waals surface area (Å²) in [5.74, 6) is 1.83. The molecular weight excluding hydrogens is 283 g/mol. The predicted octanol–water partition coefficient (Wildman–Crippen LogP) is 2.00. The Bertz CT molecular complexity index is 342. The molecule has 0 aliphatic carbocycles. The standard InChI is InChI=1S/C8H7O2.3CH3.Sn/c1-2-4-8-7(3-1)9-5-6-10-8;;;;/h1,3-4H,5-6H2;3*1H3;. The van der Waals surface area contributed by atoms with Crippen LogP contribution in [0.3, 0.4) is 0 Å². The van der Waals surface area contributed by atoms with Gasteiger partial charge in [-0.15, -0.1) is 0 Å². The summed E-state index contributed by atoms with van der Waals surface area (Å²) in [4.78, 5) is 7.21. The number of hydrogen-bond acceptors (Lipinski definition) is 2. The van der Waals surface area contributed by atoms with E-state index >= 15 is 0 Å². The van der Waals surface area contributed by atoms with Gasteiger partial charge in [0, 0.05) is 0 Å². The van der Waals surface area contributed by atoms with Crippen LogP contribution in [0.15, 0.2) is 18.2 Å². The van der Waals surface area contributed by atoms with Crippen molar-refractivity contribution in [3.05, 3.63) is 18.2 Å². The van der Waals surface area contributed by atoms with Gasteiger partial charge in [0.25, 0.3) is 0 Å². The van der Waals surface area contributed by atoms with Crippen LogP contribution in [0.5, 0.6) is 11.5 Å². The summed E-state index contributed by atoms with van der Waals surface area (Å²) < 4.78 is 12.5. The Hall–Kier alpha value is -0.381. The van der Waals surface area contributed by atoms with Crippen LogP contribution in [0.1, 0.15) is 0 Å². The van der Waals surface area contributed by atoms with E-state index in [9.17, 15) is 0 Å². The summed E-state index contributed by atoms with van der Waals surface area (Å²) in [7, 11) is 0. The van der Waals surface area contributed by atoms with Crippen molar-refractivity contribution in [3.63, 3.8) is 0 Å². The van der Waals surface area contributed by atoms with E-state index in [0.717, 1.165) is 11.5 Å². The predicted molar refractivity (Wildman–Crippen MR) is 60.4 cm³/mol. The molecule has 0 atom stereocenters. The monoisotopic (exact) mass is 300 g/mol. The topological polar surface area (TPSA) is 18.5 Å². The van der Waals surface area contributed by atoms with E-state index < -0.39 is 18.4 Å². The fourth-order valence-corrected chi connectivity index (χ4v) is 4.78. The average molecular weight is 299 g/mol. The molecule has 2 nitrogen and oxygen atoms in total. The first-order valence-corrected chi connectivity index (χ1v) is 15.0. The number of hydrogen-bond donors (Lipinski definition) is 0. The molecule has 0 unspecified atom stereocenters. The van der Waals surface area contributed by atoms with Crippen molar-refractivity contribution in [1.29, 1.82) is 0 Å². The summed E-state index contributed by atoms with van der Waals surface area (Å²) in [6.45, 7) is 1.35. The SMILES string of the molecule is [CH3][Sn]([CH3])([CH3])[c]1ccc2c(c1)OCCO2. The third-order valence-electron chi connectivity index (χ3n) is 2.41. The van der Waals surface area contributed by atoms with Crippen molar-refractivity contribution in [2.45, 2.75) is 14.8 Å². The van der Waals surface area contributed by atoms with Crippen LogP contribution >= 0.6 is 0 Å². The molecule has 2 rings (SSSR count). The third kappa shape index (κ3) is 2.00. The van der Waals surface area contributed by atoms with E-state index in [4.69, 9.17) is 9.47 Å². The Balaban J connectivity index is 2.39. The van der Waals surface area contributed by atoms with Gasteiger partial charge < -0.3 is 0 Å². The molecule has 3 heteroatoms. The van der Waals surface area contributed by atoms with E-state index in [0.29, 0.717) is 13.2 Å². The van der Waals surface area contributed by atoms with Gasteiger partial charge in [-0.2, -0.15) is 0 Å². The fourth-order valence-electron chi connectivity index (χ4n) is 1.51. The molecule has 0 bridgehead atoms. The molecule has 0 radical (unpaired) electrons. The Labute approximate surface area is 89.1 Å². The van der Waals surface area contributed by atoms with E-state index in [1.165, 1.54) is 3.58 Å². The van der Waals surface area contributed by atoms with Crippen LogP contribution < -0.4 is 13.1 Å². The first kappa shape index (κ1) is 10.1. The van der Waals surface area contributed by atoms with Crippen molar-refractivity contribution in [2.24, 2.45) is 0 Å². The van der Waals surface area contributed by atoms with Crippen LogP contribution in [-0.4, -0.2) is 31.6 Å². The molecule has 0 saturated carbocycles. The van der Waals surface area contributed by atoms with E-state index in [-0.39, 0.29) is 0 Å². The van der Waals surface area contributed by atoms with Crippen molar-refractivity contribution >= 4 is 22.0 Å².